The molecule has 0 unspecified atom stereocenters. The lowest BCUT2D eigenvalue weighted by molar-refractivity contribution is -0.115. The van der Waals surface area contributed by atoms with Gasteiger partial charge in [-0.2, -0.15) is 5.10 Å². The molecule has 8 nitrogen and oxygen atoms in total. The summed E-state index contributed by atoms with van der Waals surface area (Å²) in [6, 6.07) is 14.6. The molecule has 0 aliphatic rings. The number of nitrogens with zero attached hydrogens (tertiary/aromatic N) is 4. The van der Waals surface area contributed by atoms with Gasteiger partial charge in [0.15, 0.2) is 10.8 Å². The van der Waals surface area contributed by atoms with Crippen molar-refractivity contribution in [2.45, 2.75) is 46.8 Å². The summed E-state index contributed by atoms with van der Waals surface area (Å²) in [5.74, 6) is -0.794. The van der Waals surface area contributed by atoms with Gasteiger partial charge in [-0.05, 0) is 30.5 Å². The highest BCUT2D eigenvalue weighted by atomic mass is 32.1. The molecule has 0 spiro atoms. The Kier molecular flexibility index (Phi) is 7.36. The Labute approximate surface area is 206 Å². The van der Waals surface area contributed by atoms with Gasteiger partial charge in [-0.1, -0.05) is 50.2 Å². The average Bonchev–Trinajstić information content (AvgIpc) is 3.33. The lowest BCUT2D eigenvalue weighted by atomic mass is 10.1. The van der Waals surface area contributed by atoms with E-state index >= 15 is 0 Å². The highest BCUT2D eigenvalue weighted by Gasteiger charge is 2.22. The van der Waals surface area contributed by atoms with Crippen LogP contribution < -0.4 is 10.5 Å². The molecule has 0 N–H and O–H groups in total. The van der Waals surface area contributed by atoms with Gasteiger partial charge in [0.25, 0.3) is 5.56 Å². The van der Waals surface area contributed by atoms with Crippen molar-refractivity contribution >= 4 is 44.8 Å². The molecule has 0 fully saturated rings. The number of carbonyl (C=O) groups excluding carboxylic acids is 2. The second-order valence-electron chi connectivity index (χ2n) is 7.96. The first kappa shape index (κ1) is 24.3. The van der Waals surface area contributed by atoms with Crippen LogP contribution in [0.25, 0.3) is 10.8 Å². The summed E-state index contributed by atoms with van der Waals surface area (Å²) < 4.78 is 6.82. The number of thiazole rings is 1. The first-order chi connectivity index (χ1) is 16.9. The van der Waals surface area contributed by atoms with E-state index in [1.165, 1.54) is 22.9 Å². The van der Waals surface area contributed by atoms with E-state index < -0.39 is 5.97 Å². The third-order valence-electron chi connectivity index (χ3n) is 5.51. The Morgan fingerprint density at radius 1 is 1.06 bits per heavy atom. The van der Waals surface area contributed by atoms with Crippen LogP contribution in [-0.2, 0) is 29.1 Å². The number of hydrogen-bond donors (Lipinski definition) is 0. The smallest absolute Gasteiger partial charge is 0.359 e. The Hall–Kier alpha value is -3.85. The van der Waals surface area contributed by atoms with Gasteiger partial charge in [0.2, 0.25) is 5.91 Å². The first-order valence-electron chi connectivity index (χ1n) is 11.4. The molecule has 9 heteroatoms. The van der Waals surface area contributed by atoms with Gasteiger partial charge < -0.3 is 4.74 Å². The number of aryl methyl sites for hydroxylation is 2. The zero-order chi connectivity index (χ0) is 24.9. The van der Waals surface area contributed by atoms with E-state index in [0.717, 1.165) is 17.7 Å². The third-order valence-corrected chi connectivity index (χ3v) is 6.38. The number of anilines is 2. The van der Waals surface area contributed by atoms with Crippen LogP contribution in [0.4, 0.5) is 10.8 Å². The number of hydrogen-bond acceptors (Lipinski definition) is 7. The molecule has 2 heterocycles. The zero-order valence-corrected chi connectivity index (χ0v) is 20.7. The van der Waals surface area contributed by atoms with Crippen LogP contribution >= 0.6 is 11.3 Å². The monoisotopic (exact) mass is 490 g/mol. The van der Waals surface area contributed by atoms with Gasteiger partial charge in [0.1, 0.15) is 6.61 Å². The zero-order valence-electron chi connectivity index (χ0n) is 19.9. The average molecular weight is 491 g/mol. The summed E-state index contributed by atoms with van der Waals surface area (Å²) >= 11 is 1.30. The molecule has 2 aromatic heterocycles. The number of aromatic nitrogens is 3. The maximum absolute atomic E-state index is 13.0. The number of fused-ring (bicyclic) bond motifs is 1. The van der Waals surface area contributed by atoms with Crippen molar-refractivity contribution in [3.05, 3.63) is 81.2 Å². The predicted molar refractivity (Wildman–Crippen MR) is 136 cm³/mol. The number of para-hydroxylation sites is 1. The van der Waals surface area contributed by atoms with Gasteiger partial charge >= 0.3 is 5.97 Å². The molecular weight excluding hydrogens is 464 g/mol. The number of carbonyl (C=O) groups is 2. The lowest BCUT2D eigenvalue weighted by Crippen LogP contribution is -2.26. The van der Waals surface area contributed by atoms with Gasteiger partial charge in [-0.15, -0.1) is 11.3 Å². The Morgan fingerprint density at radius 3 is 2.49 bits per heavy atom. The van der Waals surface area contributed by atoms with E-state index in [9.17, 15) is 14.4 Å². The lowest BCUT2D eigenvalue weighted by Gasteiger charge is -2.20. The minimum absolute atomic E-state index is 0.0839. The molecule has 180 valence electrons. The Bertz CT molecular complexity index is 1440. The van der Waals surface area contributed by atoms with Crippen LogP contribution in [0, 0.1) is 0 Å². The van der Waals surface area contributed by atoms with Crippen molar-refractivity contribution < 1.29 is 14.3 Å². The van der Waals surface area contributed by atoms with E-state index in [4.69, 9.17) is 4.74 Å². The predicted octanol–water partition coefficient (Wildman–Crippen LogP) is 4.87. The van der Waals surface area contributed by atoms with Gasteiger partial charge in [-0.25, -0.2) is 14.5 Å². The van der Waals surface area contributed by atoms with E-state index in [-0.39, 0.29) is 23.8 Å². The van der Waals surface area contributed by atoms with Crippen LogP contribution in [0.5, 0.6) is 0 Å². The Balaban J connectivity index is 1.58. The first-order valence-corrected chi connectivity index (χ1v) is 12.3. The van der Waals surface area contributed by atoms with Gasteiger partial charge in [0.05, 0.1) is 16.8 Å². The standard InChI is InChI=1S/C26H26N4O4S/c1-4-14-29-24(32)21-12-8-7-11-20(21)23(28-29)25(33)34-15-19-16-35-26(27-19)30(17(3)31)22-13-9-6-10-18(22)5-2/h6-13,16H,4-5,14-15H2,1-3H3. The molecule has 0 radical (unpaired) electrons. The maximum atomic E-state index is 13.0. The topological polar surface area (TPSA) is 94.4 Å². The fourth-order valence-electron chi connectivity index (χ4n) is 3.86. The van der Waals surface area contributed by atoms with Crippen LogP contribution in [0.3, 0.4) is 0 Å². The molecule has 0 aliphatic heterocycles. The van der Waals surface area contributed by atoms with E-state index in [2.05, 4.69) is 10.1 Å². The molecule has 0 atom stereocenters. The van der Waals surface area contributed by atoms with Crippen LogP contribution in [0.2, 0.25) is 0 Å². The minimum Gasteiger partial charge on any atom is -0.454 e. The quantitative estimate of drug-likeness (QED) is 0.327. The molecular formula is C26H26N4O4S. The van der Waals surface area contributed by atoms with Crippen molar-refractivity contribution in [1.29, 1.82) is 0 Å². The summed E-state index contributed by atoms with van der Waals surface area (Å²) in [4.78, 5) is 44.2. The van der Waals surface area contributed by atoms with Crippen LogP contribution in [0.1, 0.15) is 48.9 Å². The highest BCUT2D eigenvalue weighted by Crippen LogP contribution is 2.32. The number of esters is 1. The summed E-state index contributed by atoms with van der Waals surface area (Å²) in [7, 11) is 0. The molecule has 0 aliphatic carbocycles. The van der Waals surface area contributed by atoms with Crippen LogP contribution in [-0.4, -0.2) is 26.6 Å². The van der Waals surface area contributed by atoms with E-state index in [1.54, 1.807) is 34.5 Å². The number of rotatable bonds is 8. The molecule has 0 bridgehead atoms. The summed E-state index contributed by atoms with van der Waals surface area (Å²) in [5.41, 5.74) is 2.19. The van der Waals surface area contributed by atoms with Crippen molar-refractivity contribution in [2.24, 2.45) is 0 Å². The van der Waals surface area contributed by atoms with Crippen molar-refractivity contribution in [2.75, 3.05) is 4.90 Å². The molecule has 35 heavy (non-hydrogen) atoms. The minimum atomic E-state index is -0.639. The summed E-state index contributed by atoms with van der Waals surface area (Å²) in [6.45, 7) is 5.78. The fraction of sp³-hybridized carbons (Fsp3) is 0.269. The molecule has 4 aromatic rings. The molecule has 0 saturated heterocycles. The molecule has 4 rings (SSSR count). The van der Waals surface area contributed by atoms with Crippen LogP contribution in [0.15, 0.2) is 58.7 Å². The van der Waals surface area contributed by atoms with Crippen molar-refractivity contribution in [3.8, 4) is 0 Å². The summed E-state index contributed by atoms with van der Waals surface area (Å²) in [5, 5.41) is 7.41. The molecule has 2 aromatic carbocycles. The van der Waals surface area contributed by atoms with Gasteiger partial charge in [0, 0.05) is 24.2 Å². The van der Waals surface area contributed by atoms with E-state index in [0.29, 0.717) is 34.6 Å². The Morgan fingerprint density at radius 2 is 1.77 bits per heavy atom. The fourth-order valence-corrected chi connectivity index (χ4v) is 4.72. The number of amides is 1. The third kappa shape index (κ3) is 5.00. The maximum Gasteiger partial charge on any atom is 0.359 e. The largest absolute Gasteiger partial charge is 0.454 e. The molecule has 1 amide bonds. The number of ether oxygens (including phenoxy) is 1. The normalized spacial score (nSPS) is 10.9. The van der Waals surface area contributed by atoms with Crippen molar-refractivity contribution in [3.63, 3.8) is 0 Å². The summed E-state index contributed by atoms with van der Waals surface area (Å²) in [6.07, 6.45) is 1.48. The second kappa shape index (κ2) is 10.6. The number of benzene rings is 2. The molecule has 0 saturated carbocycles. The van der Waals surface area contributed by atoms with Crippen molar-refractivity contribution in [1.82, 2.24) is 14.8 Å². The highest BCUT2D eigenvalue weighted by molar-refractivity contribution is 7.14. The van der Waals surface area contributed by atoms with E-state index in [1.807, 2.05) is 38.1 Å². The SMILES string of the molecule is CCCn1nc(C(=O)OCc2csc(N(C(C)=O)c3ccccc3CC)n2)c2ccccc2c1=O. The van der Waals surface area contributed by atoms with Gasteiger partial charge in [-0.3, -0.25) is 14.5 Å². The second-order valence-corrected chi connectivity index (χ2v) is 8.79.